The van der Waals surface area contributed by atoms with Crippen molar-refractivity contribution in [1.29, 1.82) is 0 Å². The van der Waals surface area contributed by atoms with Gasteiger partial charge in [-0.05, 0) is 36.0 Å². The number of rotatable bonds is 4. The normalized spacial score (nSPS) is 11.1. The Hall–Kier alpha value is 0.130. The van der Waals surface area contributed by atoms with Gasteiger partial charge < -0.3 is 4.55 Å². The molecule has 1 aromatic carbocycles. The maximum absolute atomic E-state index is 11.2. The van der Waals surface area contributed by atoms with Gasteiger partial charge in [0.1, 0.15) is 10.1 Å². The third kappa shape index (κ3) is 4.07. The number of aryl methyl sites for hydroxylation is 3. The van der Waals surface area contributed by atoms with Crippen LogP contribution in [0, 0.1) is 0 Å². The summed E-state index contributed by atoms with van der Waals surface area (Å²) in [6.07, 6.45) is 1.98. The maximum Gasteiger partial charge on any atom is 1.00 e. The third-order valence-corrected chi connectivity index (χ3v) is 3.75. The van der Waals surface area contributed by atoms with E-state index in [0.29, 0.717) is 24.0 Å². The summed E-state index contributed by atoms with van der Waals surface area (Å²) in [7, 11) is -4.36. The summed E-state index contributed by atoms with van der Waals surface area (Å²) in [4.78, 5) is -0.00491. The molecule has 0 radical (unpaired) electrons. The van der Waals surface area contributed by atoms with Gasteiger partial charge in [0.15, 0.2) is 0 Å². The van der Waals surface area contributed by atoms with Crippen molar-refractivity contribution in [1.82, 2.24) is 0 Å². The van der Waals surface area contributed by atoms with E-state index in [4.69, 9.17) is 0 Å². The van der Waals surface area contributed by atoms with Crippen LogP contribution in [0.15, 0.2) is 17.0 Å². The summed E-state index contributed by atoms with van der Waals surface area (Å²) in [5.74, 6) is 0. The van der Waals surface area contributed by atoms with E-state index in [0.717, 1.165) is 12.0 Å². The van der Waals surface area contributed by atoms with Crippen LogP contribution in [0.4, 0.5) is 0 Å². The molecule has 0 amide bonds. The Labute approximate surface area is 126 Å². The van der Waals surface area contributed by atoms with Crippen molar-refractivity contribution in [2.24, 2.45) is 0 Å². The van der Waals surface area contributed by atoms with E-state index in [1.807, 2.05) is 32.9 Å². The zero-order valence-corrected chi connectivity index (χ0v) is 13.7. The van der Waals surface area contributed by atoms with Crippen LogP contribution in [0.25, 0.3) is 0 Å². The summed E-state index contributed by atoms with van der Waals surface area (Å²) in [6.45, 7) is 5.74. The van der Waals surface area contributed by atoms with Crippen molar-refractivity contribution in [2.45, 2.75) is 44.9 Å². The first-order valence-electron chi connectivity index (χ1n) is 5.54. The van der Waals surface area contributed by atoms with Crippen molar-refractivity contribution in [2.75, 3.05) is 0 Å². The SMILES string of the molecule is CCc1cc(CC)c(S(=O)(=O)[O-])c(CC)c1.[Na+]. The Kier molecular flexibility index (Phi) is 6.95. The van der Waals surface area contributed by atoms with E-state index in [1.54, 1.807) is 0 Å². The molecule has 0 N–H and O–H groups in total. The van der Waals surface area contributed by atoms with Crippen LogP contribution in [0.5, 0.6) is 0 Å². The van der Waals surface area contributed by atoms with Crippen LogP contribution in [0.1, 0.15) is 37.5 Å². The predicted molar refractivity (Wildman–Crippen MR) is 62.5 cm³/mol. The zero-order chi connectivity index (χ0) is 12.3. The van der Waals surface area contributed by atoms with Gasteiger partial charge in [0.25, 0.3) is 0 Å². The molecule has 0 aliphatic rings. The van der Waals surface area contributed by atoms with Gasteiger partial charge in [0, 0.05) is 0 Å². The standard InChI is InChI=1S/C12H18O3S.Na/c1-4-9-7-10(5-2)12(16(13,14)15)11(6-3)8-9;/h7-8H,4-6H2,1-3H3,(H,13,14,15);/q;+1/p-1. The summed E-state index contributed by atoms with van der Waals surface area (Å²) in [5.41, 5.74) is 2.37. The molecular formula is C12H17NaO3S. The minimum Gasteiger partial charge on any atom is -0.744 e. The zero-order valence-electron chi connectivity index (χ0n) is 10.9. The van der Waals surface area contributed by atoms with E-state index >= 15 is 0 Å². The molecule has 0 saturated carbocycles. The van der Waals surface area contributed by atoms with Gasteiger partial charge in [-0.1, -0.05) is 32.9 Å². The second kappa shape index (κ2) is 6.90. The van der Waals surface area contributed by atoms with E-state index in [2.05, 4.69) is 0 Å². The Bertz CT molecular complexity index is 456. The molecule has 0 fully saturated rings. The fourth-order valence-electron chi connectivity index (χ4n) is 1.88. The van der Waals surface area contributed by atoms with Gasteiger partial charge in [0.2, 0.25) is 0 Å². The molecule has 0 saturated heterocycles. The molecule has 1 rings (SSSR count). The molecule has 1 aromatic rings. The van der Waals surface area contributed by atoms with Gasteiger partial charge in [-0.2, -0.15) is 0 Å². The van der Waals surface area contributed by atoms with Crippen LogP contribution < -0.4 is 29.6 Å². The fourth-order valence-corrected chi connectivity index (χ4v) is 2.93. The van der Waals surface area contributed by atoms with Crippen LogP contribution in [0.3, 0.4) is 0 Å². The third-order valence-electron chi connectivity index (χ3n) is 2.72. The monoisotopic (exact) mass is 264 g/mol. The Balaban J connectivity index is 0.00000256. The first-order valence-corrected chi connectivity index (χ1v) is 6.95. The molecule has 0 aromatic heterocycles. The molecule has 0 bridgehead atoms. The summed E-state index contributed by atoms with van der Waals surface area (Å²) >= 11 is 0. The molecule has 90 valence electrons. The summed E-state index contributed by atoms with van der Waals surface area (Å²) in [6, 6.07) is 3.65. The Morgan fingerprint density at radius 1 is 1.00 bits per heavy atom. The smallest absolute Gasteiger partial charge is 0.744 e. The molecule has 0 spiro atoms. The minimum atomic E-state index is -4.36. The molecule has 0 atom stereocenters. The first-order chi connectivity index (χ1) is 7.43. The minimum absolute atomic E-state index is 0. The van der Waals surface area contributed by atoms with Gasteiger partial charge in [-0.15, -0.1) is 0 Å². The predicted octanol–water partition coefficient (Wildman–Crippen LogP) is -0.718. The Morgan fingerprint density at radius 3 is 1.65 bits per heavy atom. The first kappa shape index (κ1) is 17.1. The van der Waals surface area contributed by atoms with Crippen LogP contribution >= 0.6 is 0 Å². The van der Waals surface area contributed by atoms with Crippen molar-refractivity contribution in [3.8, 4) is 0 Å². The van der Waals surface area contributed by atoms with Crippen molar-refractivity contribution < 1.29 is 42.5 Å². The molecule has 0 heterocycles. The van der Waals surface area contributed by atoms with E-state index in [9.17, 15) is 13.0 Å². The van der Waals surface area contributed by atoms with E-state index in [1.165, 1.54) is 0 Å². The van der Waals surface area contributed by atoms with Crippen LogP contribution in [-0.4, -0.2) is 13.0 Å². The van der Waals surface area contributed by atoms with Gasteiger partial charge in [-0.25, -0.2) is 8.42 Å². The molecule has 0 aliphatic heterocycles. The average Bonchev–Trinajstić information content (AvgIpc) is 2.25. The van der Waals surface area contributed by atoms with Crippen LogP contribution in [0.2, 0.25) is 0 Å². The largest absolute Gasteiger partial charge is 1.00 e. The molecule has 17 heavy (non-hydrogen) atoms. The van der Waals surface area contributed by atoms with Crippen molar-refractivity contribution in [3.63, 3.8) is 0 Å². The van der Waals surface area contributed by atoms with Gasteiger partial charge in [0.05, 0.1) is 4.90 Å². The van der Waals surface area contributed by atoms with Crippen molar-refractivity contribution >= 4 is 10.1 Å². The van der Waals surface area contributed by atoms with Crippen molar-refractivity contribution in [3.05, 3.63) is 28.8 Å². The average molecular weight is 264 g/mol. The summed E-state index contributed by atoms with van der Waals surface area (Å²) in [5, 5.41) is 0. The summed E-state index contributed by atoms with van der Waals surface area (Å²) < 4.78 is 33.7. The number of hydrogen-bond acceptors (Lipinski definition) is 3. The molecule has 5 heteroatoms. The Morgan fingerprint density at radius 2 is 1.41 bits per heavy atom. The van der Waals surface area contributed by atoms with Gasteiger partial charge >= 0.3 is 29.6 Å². The quantitative estimate of drug-likeness (QED) is 0.533. The maximum atomic E-state index is 11.2. The fraction of sp³-hybridized carbons (Fsp3) is 0.500. The molecule has 0 aliphatic carbocycles. The number of hydrogen-bond donors (Lipinski definition) is 0. The van der Waals surface area contributed by atoms with Crippen LogP contribution in [-0.2, 0) is 29.4 Å². The second-order valence-electron chi connectivity index (χ2n) is 3.76. The molecule has 3 nitrogen and oxygen atoms in total. The topological polar surface area (TPSA) is 57.2 Å². The molecular weight excluding hydrogens is 247 g/mol. The van der Waals surface area contributed by atoms with E-state index in [-0.39, 0.29) is 34.5 Å². The van der Waals surface area contributed by atoms with Gasteiger partial charge in [-0.3, -0.25) is 0 Å². The van der Waals surface area contributed by atoms with E-state index < -0.39 is 10.1 Å². The number of benzene rings is 1. The second-order valence-corrected chi connectivity index (χ2v) is 5.07. The molecule has 0 unspecified atom stereocenters.